The fraction of sp³-hybridized carbons (Fsp3) is 0.500. The summed E-state index contributed by atoms with van der Waals surface area (Å²) in [4.78, 5) is 23.5. The number of rotatable bonds is 4. The van der Waals surface area contributed by atoms with Crippen molar-refractivity contribution >= 4 is 11.9 Å². The average Bonchev–Trinajstić information content (AvgIpc) is 2.47. The van der Waals surface area contributed by atoms with Crippen LogP contribution in [0.25, 0.3) is 0 Å². The molecule has 4 nitrogen and oxygen atoms in total. The van der Waals surface area contributed by atoms with Gasteiger partial charge in [-0.25, -0.2) is 13.6 Å². The number of hydrogen-bond acceptors (Lipinski definition) is 3. The molecule has 0 bridgehead atoms. The highest BCUT2D eigenvalue weighted by Crippen LogP contribution is 2.23. The fourth-order valence-electron chi connectivity index (χ4n) is 2.68. The van der Waals surface area contributed by atoms with Gasteiger partial charge in [-0.2, -0.15) is 0 Å². The zero-order chi connectivity index (χ0) is 16.1. The van der Waals surface area contributed by atoms with Crippen molar-refractivity contribution in [2.75, 3.05) is 6.61 Å². The van der Waals surface area contributed by atoms with Crippen LogP contribution in [0.3, 0.4) is 0 Å². The maximum Gasteiger partial charge on any atom is 0.344 e. The predicted octanol–water partition coefficient (Wildman–Crippen LogP) is 2.82. The monoisotopic (exact) mass is 311 g/mol. The van der Waals surface area contributed by atoms with Gasteiger partial charge in [0.15, 0.2) is 6.61 Å². The minimum absolute atomic E-state index is 0.0603. The highest BCUT2D eigenvalue weighted by molar-refractivity contribution is 5.91. The molecule has 0 spiro atoms. The first-order chi connectivity index (χ1) is 10.5. The second-order valence-corrected chi connectivity index (χ2v) is 5.61. The lowest BCUT2D eigenvalue weighted by molar-refractivity contribution is -0.125. The van der Waals surface area contributed by atoms with Crippen LogP contribution in [0, 0.1) is 17.6 Å². The van der Waals surface area contributed by atoms with Crippen molar-refractivity contribution in [1.29, 1.82) is 0 Å². The van der Waals surface area contributed by atoms with Crippen LogP contribution in [0.1, 0.15) is 43.0 Å². The van der Waals surface area contributed by atoms with Crippen LogP contribution in [-0.2, 0) is 9.53 Å². The van der Waals surface area contributed by atoms with Crippen LogP contribution in [0.2, 0.25) is 0 Å². The van der Waals surface area contributed by atoms with Gasteiger partial charge < -0.3 is 10.1 Å². The highest BCUT2D eigenvalue weighted by atomic mass is 19.1. The Morgan fingerprint density at radius 1 is 1.23 bits per heavy atom. The summed E-state index contributed by atoms with van der Waals surface area (Å²) >= 11 is 0. The van der Waals surface area contributed by atoms with Gasteiger partial charge in [0.2, 0.25) is 0 Å². The lowest BCUT2D eigenvalue weighted by atomic mass is 9.86. The molecule has 0 saturated heterocycles. The first-order valence-corrected chi connectivity index (χ1v) is 7.39. The van der Waals surface area contributed by atoms with Gasteiger partial charge in [0.1, 0.15) is 17.2 Å². The molecule has 22 heavy (non-hydrogen) atoms. The summed E-state index contributed by atoms with van der Waals surface area (Å²) in [5, 5.41) is 2.80. The van der Waals surface area contributed by atoms with E-state index in [-0.39, 0.29) is 6.04 Å². The Hall–Kier alpha value is -1.98. The Labute approximate surface area is 127 Å². The Balaban J connectivity index is 1.87. The summed E-state index contributed by atoms with van der Waals surface area (Å²) in [5.41, 5.74) is -0.777. The number of hydrogen-bond donors (Lipinski definition) is 1. The third-order valence-electron chi connectivity index (χ3n) is 3.96. The van der Waals surface area contributed by atoms with Crippen LogP contribution in [-0.4, -0.2) is 24.5 Å². The van der Waals surface area contributed by atoms with Crippen molar-refractivity contribution in [1.82, 2.24) is 5.32 Å². The summed E-state index contributed by atoms with van der Waals surface area (Å²) in [6.45, 7) is 1.51. The molecule has 1 amide bonds. The number of halogens is 2. The van der Waals surface area contributed by atoms with Crippen LogP contribution < -0.4 is 5.32 Å². The van der Waals surface area contributed by atoms with Gasteiger partial charge in [-0.15, -0.1) is 0 Å². The molecule has 0 aliphatic heterocycles. The smallest absolute Gasteiger partial charge is 0.344 e. The standard InChI is InChI=1S/C16H19F2NO3/c1-10-5-2-3-8-13(10)19-14(20)9-22-16(21)15-11(17)6-4-7-12(15)18/h4,6-7,10,13H,2-3,5,8-9H2,1H3,(H,19,20)/t10-,13-/m1/s1. The molecule has 1 N–H and O–H groups in total. The summed E-state index contributed by atoms with van der Waals surface area (Å²) < 4.78 is 31.5. The fourth-order valence-corrected chi connectivity index (χ4v) is 2.68. The zero-order valence-corrected chi connectivity index (χ0v) is 12.4. The third kappa shape index (κ3) is 4.02. The van der Waals surface area contributed by atoms with E-state index >= 15 is 0 Å². The summed E-state index contributed by atoms with van der Waals surface area (Å²) in [6.07, 6.45) is 4.14. The molecule has 0 aromatic heterocycles. The van der Waals surface area contributed by atoms with Crippen LogP contribution in [0.15, 0.2) is 18.2 Å². The number of amides is 1. The summed E-state index contributed by atoms with van der Waals surface area (Å²) in [5.74, 6) is -3.28. The van der Waals surface area contributed by atoms with Gasteiger partial charge in [0.05, 0.1) is 0 Å². The van der Waals surface area contributed by atoms with Gasteiger partial charge >= 0.3 is 5.97 Å². The Kier molecular flexibility index (Phi) is 5.46. The van der Waals surface area contributed by atoms with E-state index in [1.54, 1.807) is 0 Å². The molecular weight excluding hydrogens is 292 g/mol. The number of nitrogens with one attached hydrogen (secondary N) is 1. The largest absolute Gasteiger partial charge is 0.452 e. The molecule has 1 aliphatic rings. The molecule has 1 aromatic rings. The molecule has 1 fully saturated rings. The van der Waals surface area contributed by atoms with E-state index in [2.05, 4.69) is 12.2 Å². The molecule has 0 unspecified atom stereocenters. The van der Waals surface area contributed by atoms with Crippen molar-refractivity contribution in [3.8, 4) is 0 Å². The van der Waals surface area contributed by atoms with E-state index in [1.807, 2.05) is 0 Å². The Morgan fingerprint density at radius 3 is 2.50 bits per heavy atom. The molecule has 0 radical (unpaired) electrons. The Bertz CT molecular complexity index is 542. The zero-order valence-electron chi connectivity index (χ0n) is 12.4. The lowest BCUT2D eigenvalue weighted by Gasteiger charge is -2.29. The van der Waals surface area contributed by atoms with Gasteiger partial charge in [-0.05, 0) is 30.9 Å². The normalized spacial score (nSPS) is 21.2. The first-order valence-electron chi connectivity index (χ1n) is 7.39. The maximum absolute atomic E-state index is 13.4. The third-order valence-corrected chi connectivity index (χ3v) is 3.96. The van der Waals surface area contributed by atoms with E-state index < -0.39 is 35.7 Å². The van der Waals surface area contributed by atoms with Crippen LogP contribution in [0.4, 0.5) is 8.78 Å². The van der Waals surface area contributed by atoms with Crippen molar-refractivity contribution in [3.63, 3.8) is 0 Å². The van der Waals surface area contributed by atoms with Crippen molar-refractivity contribution in [3.05, 3.63) is 35.4 Å². The van der Waals surface area contributed by atoms with E-state index in [9.17, 15) is 18.4 Å². The van der Waals surface area contributed by atoms with E-state index in [0.29, 0.717) is 5.92 Å². The molecule has 2 rings (SSSR count). The minimum atomic E-state index is -1.18. The molecule has 120 valence electrons. The molecule has 0 heterocycles. The average molecular weight is 311 g/mol. The second-order valence-electron chi connectivity index (χ2n) is 5.61. The lowest BCUT2D eigenvalue weighted by Crippen LogP contribution is -2.42. The number of ether oxygens (including phenoxy) is 1. The first kappa shape index (κ1) is 16.4. The molecule has 1 aliphatic carbocycles. The number of benzene rings is 1. The van der Waals surface area contributed by atoms with E-state index in [4.69, 9.17) is 4.74 Å². The quantitative estimate of drug-likeness (QED) is 0.870. The van der Waals surface area contributed by atoms with Gasteiger partial charge in [0, 0.05) is 6.04 Å². The van der Waals surface area contributed by atoms with Crippen molar-refractivity contribution in [2.24, 2.45) is 5.92 Å². The minimum Gasteiger partial charge on any atom is -0.452 e. The molecule has 6 heteroatoms. The summed E-state index contributed by atoms with van der Waals surface area (Å²) in [7, 11) is 0. The number of esters is 1. The van der Waals surface area contributed by atoms with Crippen molar-refractivity contribution in [2.45, 2.75) is 38.6 Å². The molecule has 1 saturated carbocycles. The van der Waals surface area contributed by atoms with Crippen molar-refractivity contribution < 1.29 is 23.1 Å². The SMILES string of the molecule is C[C@@H]1CCCC[C@H]1NC(=O)COC(=O)c1c(F)cccc1F. The van der Waals surface area contributed by atoms with Crippen LogP contribution in [0.5, 0.6) is 0 Å². The molecule has 1 aromatic carbocycles. The predicted molar refractivity (Wildman–Crippen MR) is 76.2 cm³/mol. The van der Waals surface area contributed by atoms with Gasteiger partial charge in [-0.3, -0.25) is 4.79 Å². The van der Waals surface area contributed by atoms with Gasteiger partial charge in [-0.1, -0.05) is 25.8 Å². The van der Waals surface area contributed by atoms with E-state index in [0.717, 1.165) is 43.9 Å². The number of carbonyl (C=O) groups is 2. The second kappa shape index (κ2) is 7.33. The molecular formula is C16H19F2NO3. The Morgan fingerprint density at radius 2 is 1.86 bits per heavy atom. The van der Waals surface area contributed by atoms with E-state index in [1.165, 1.54) is 0 Å². The summed E-state index contributed by atoms with van der Waals surface area (Å²) in [6, 6.07) is 3.14. The number of carbonyl (C=O) groups excluding carboxylic acids is 2. The van der Waals surface area contributed by atoms with Crippen LogP contribution >= 0.6 is 0 Å². The highest BCUT2D eigenvalue weighted by Gasteiger charge is 2.24. The van der Waals surface area contributed by atoms with Gasteiger partial charge in [0.25, 0.3) is 5.91 Å². The maximum atomic E-state index is 13.4. The topological polar surface area (TPSA) is 55.4 Å². The molecule has 2 atom stereocenters.